The van der Waals surface area contributed by atoms with E-state index in [1.807, 2.05) is 11.8 Å². The van der Waals surface area contributed by atoms with Gasteiger partial charge in [0.05, 0.1) is 0 Å². The minimum absolute atomic E-state index is 0.0352. The summed E-state index contributed by atoms with van der Waals surface area (Å²) in [5.74, 6) is 0.0352. The molecular formula is C10H13N3O. The molecule has 0 spiro atoms. The lowest BCUT2D eigenvalue weighted by atomic mass is 10.3. The topological polar surface area (TPSA) is 46.1 Å². The number of likely N-dealkylation sites (tertiary alicyclic amines) is 1. The summed E-state index contributed by atoms with van der Waals surface area (Å²) in [6.45, 7) is 3.59. The third kappa shape index (κ3) is 1.73. The molecule has 1 aliphatic rings. The van der Waals surface area contributed by atoms with E-state index in [1.165, 1.54) is 6.33 Å². The molecule has 2 heterocycles. The molecule has 0 N–H and O–H groups in total. The van der Waals surface area contributed by atoms with Crippen LogP contribution in [0, 0.1) is 6.92 Å². The molecule has 0 atom stereocenters. The van der Waals surface area contributed by atoms with Crippen LogP contribution in [-0.4, -0.2) is 33.9 Å². The summed E-state index contributed by atoms with van der Waals surface area (Å²) in [6.07, 6.45) is 3.66. The molecule has 1 aliphatic heterocycles. The number of aryl methyl sites for hydroxylation is 1. The standard InChI is InChI=1S/C10H13N3O/c1-8-6-9(12-7-11-8)10(14)13-4-2-3-5-13/h6-7H,2-5H2,1H3. The summed E-state index contributed by atoms with van der Waals surface area (Å²) in [5, 5.41) is 0. The van der Waals surface area contributed by atoms with Gasteiger partial charge >= 0.3 is 0 Å². The fourth-order valence-electron chi connectivity index (χ4n) is 1.65. The second kappa shape index (κ2) is 3.74. The molecule has 2 rings (SSSR count). The molecule has 1 aromatic heterocycles. The van der Waals surface area contributed by atoms with Gasteiger partial charge < -0.3 is 4.90 Å². The van der Waals surface area contributed by atoms with Gasteiger partial charge in [0.25, 0.3) is 5.91 Å². The van der Waals surface area contributed by atoms with Crippen LogP contribution in [0.3, 0.4) is 0 Å². The summed E-state index contributed by atoms with van der Waals surface area (Å²) in [4.78, 5) is 21.6. The summed E-state index contributed by atoms with van der Waals surface area (Å²) in [5.41, 5.74) is 1.35. The predicted molar refractivity (Wildman–Crippen MR) is 51.9 cm³/mol. The van der Waals surface area contributed by atoms with Crippen LogP contribution in [0.1, 0.15) is 29.0 Å². The Kier molecular flexibility index (Phi) is 2.43. The highest BCUT2D eigenvalue weighted by Gasteiger charge is 2.20. The van der Waals surface area contributed by atoms with E-state index in [2.05, 4.69) is 9.97 Å². The molecule has 1 fully saturated rings. The van der Waals surface area contributed by atoms with E-state index < -0.39 is 0 Å². The van der Waals surface area contributed by atoms with Crippen molar-refractivity contribution >= 4 is 5.91 Å². The Balaban J connectivity index is 2.17. The number of amides is 1. The summed E-state index contributed by atoms with van der Waals surface area (Å²) < 4.78 is 0. The minimum Gasteiger partial charge on any atom is -0.337 e. The highest BCUT2D eigenvalue weighted by Crippen LogP contribution is 2.11. The molecular weight excluding hydrogens is 178 g/mol. The number of rotatable bonds is 1. The first-order chi connectivity index (χ1) is 6.77. The zero-order valence-electron chi connectivity index (χ0n) is 8.23. The fraction of sp³-hybridized carbons (Fsp3) is 0.500. The van der Waals surface area contributed by atoms with Crippen molar-refractivity contribution in [2.45, 2.75) is 19.8 Å². The monoisotopic (exact) mass is 191 g/mol. The van der Waals surface area contributed by atoms with Gasteiger partial charge in [0.2, 0.25) is 0 Å². The van der Waals surface area contributed by atoms with E-state index in [0.29, 0.717) is 5.69 Å². The molecule has 74 valence electrons. The van der Waals surface area contributed by atoms with Gasteiger partial charge in [-0.05, 0) is 25.8 Å². The molecule has 0 radical (unpaired) electrons. The van der Waals surface area contributed by atoms with Crippen molar-refractivity contribution in [3.63, 3.8) is 0 Å². The molecule has 4 heteroatoms. The fourth-order valence-corrected chi connectivity index (χ4v) is 1.65. The number of carbonyl (C=O) groups excluding carboxylic acids is 1. The van der Waals surface area contributed by atoms with Crippen LogP contribution >= 0.6 is 0 Å². The Morgan fingerprint density at radius 1 is 1.36 bits per heavy atom. The molecule has 0 aromatic carbocycles. The second-order valence-corrected chi connectivity index (χ2v) is 3.54. The molecule has 0 aliphatic carbocycles. The van der Waals surface area contributed by atoms with Crippen LogP contribution in [-0.2, 0) is 0 Å². The van der Waals surface area contributed by atoms with Crippen molar-refractivity contribution in [1.29, 1.82) is 0 Å². The summed E-state index contributed by atoms with van der Waals surface area (Å²) in [7, 11) is 0. The Hall–Kier alpha value is -1.45. The third-order valence-electron chi connectivity index (χ3n) is 2.42. The van der Waals surface area contributed by atoms with E-state index in [9.17, 15) is 4.79 Å². The lowest BCUT2D eigenvalue weighted by molar-refractivity contribution is 0.0786. The Labute approximate surface area is 83.0 Å². The van der Waals surface area contributed by atoms with Crippen molar-refractivity contribution in [3.8, 4) is 0 Å². The van der Waals surface area contributed by atoms with Crippen LogP contribution in [0.15, 0.2) is 12.4 Å². The van der Waals surface area contributed by atoms with E-state index in [1.54, 1.807) is 6.07 Å². The van der Waals surface area contributed by atoms with Gasteiger partial charge in [-0.2, -0.15) is 0 Å². The van der Waals surface area contributed by atoms with Crippen LogP contribution in [0.2, 0.25) is 0 Å². The number of aromatic nitrogens is 2. The Morgan fingerprint density at radius 2 is 2.07 bits per heavy atom. The van der Waals surface area contributed by atoms with Crippen LogP contribution in [0.4, 0.5) is 0 Å². The van der Waals surface area contributed by atoms with E-state index in [4.69, 9.17) is 0 Å². The van der Waals surface area contributed by atoms with Gasteiger partial charge in [-0.1, -0.05) is 0 Å². The molecule has 0 saturated carbocycles. The highest BCUT2D eigenvalue weighted by atomic mass is 16.2. The van der Waals surface area contributed by atoms with E-state index in [-0.39, 0.29) is 5.91 Å². The van der Waals surface area contributed by atoms with Crippen LogP contribution in [0.25, 0.3) is 0 Å². The first-order valence-electron chi connectivity index (χ1n) is 4.85. The Bertz CT molecular complexity index is 345. The van der Waals surface area contributed by atoms with Crippen molar-refractivity contribution in [2.24, 2.45) is 0 Å². The normalized spacial score (nSPS) is 15.9. The van der Waals surface area contributed by atoms with Gasteiger partial charge in [-0.15, -0.1) is 0 Å². The van der Waals surface area contributed by atoms with Crippen molar-refractivity contribution in [3.05, 3.63) is 23.8 Å². The molecule has 1 aromatic rings. The quantitative estimate of drug-likeness (QED) is 0.665. The Morgan fingerprint density at radius 3 is 2.71 bits per heavy atom. The minimum atomic E-state index is 0.0352. The van der Waals surface area contributed by atoms with Crippen molar-refractivity contribution < 1.29 is 4.79 Å². The zero-order valence-corrected chi connectivity index (χ0v) is 8.23. The maximum Gasteiger partial charge on any atom is 0.272 e. The highest BCUT2D eigenvalue weighted by molar-refractivity contribution is 5.92. The molecule has 14 heavy (non-hydrogen) atoms. The lowest BCUT2D eigenvalue weighted by Crippen LogP contribution is -2.28. The number of hydrogen-bond donors (Lipinski definition) is 0. The second-order valence-electron chi connectivity index (χ2n) is 3.54. The number of nitrogens with zero attached hydrogens (tertiary/aromatic N) is 3. The van der Waals surface area contributed by atoms with Gasteiger partial charge in [0.1, 0.15) is 12.0 Å². The van der Waals surface area contributed by atoms with Crippen LogP contribution in [0.5, 0.6) is 0 Å². The van der Waals surface area contributed by atoms with E-state index >= 15 is 0 Å². The first-order valence-corrected chi connectivity index (χ1v) is 4.85. The van der Waals surface area contributed by atoms with Gasteiger partial charge in [-0.25, -0.2) is 9.97 Å². The van der Waals surface area contributed by atoms with Gasteiger partial charge in [0, 0.05) is 18.8 Å². The van der Waals surface area contributed by atoms with Crippen molar-refractivity contribution in [1.82, 2.24) is 14.9 Å². The zero-order chi connectivity index (χ0) is 9.97. The average molecular weight is 191 g/mol. The summed E-state index contributed by atoms with van der Waals surface area (Å²) in [6, 6.07) is 1.74. The molecule has 0 unspecified atom stereocenters. The van der Waals surface area contributed by atoms with Crippen LogP contribution < -0.4 is 0 Å². The predicted octanol–water partition coefficient (Wildman–Crippen LogP) is 1.02. The van der Waals surface area contributed by atoms with E-state index in [0.717, 1.165) is 31.6 Å². The molecule has 4 nitrogen and oxygen atoms in total. The van der Waals surface area contributed by atoms with Gasteiger partial charge in [0.15, 0.2) is 0 Å². The largest absolute Gasteiger partial charge is 0.337 e. The SMILES string of the molecule is Cc1cc(C(=O)N2CCCC2)ncn1. The third-order valence-corrected chi connectivity index (χ3v) is 2.42. The molecule has 1 saturated heterocycles. The number of carbonyl (C=O) groups is 1. The first kappa shape index (κ1) is 9.12. The molecule has 1 amide bonds. The molecule has 0 bridgehead atoms. The van der Waals surface area contributed by atoms with Gasteiger partial charge in [-0.3, -0.25) is 4.79 Å². The maximum atomic E-state index is 11.8. The van der Waals surface area contributed by atoms with Crippen molar-refractivity contribution in [2.75, 3.05) is 13.1 Å². The smallest absolute Gasteiger partial charge is 0.272 e. The average Bonchev–Trinajstić information content (AvgIpc) is 2.69. The lowest BCUT2D eigenvalue weighted by Gasteiger charge is -2.14. The number of hydrogen-bond acceptors (Lipinski definition) is 3. The maximum absolute atomic E-state index is 11.8. The summed E-state index contributed by atoms with van der Waals surface area (Å²) >= 11 is 0.